The van der Waals surface area contributed by atoms with Gasteiger partial charge >= 0.3 is 6.03 Å². The van der Waals surface area contributed by atoms with Gasteiger partial charge in [-0.2, -0.15) is 0 Å². The van der Waals surface area contributed by atoms with Crippen LogP contribution in [0.25, 0.3) is 0 Å². The summed E-state index contributed by atoms with van der Waals surface area (Å²) in [5.41, 5.74) is 3.38. The van der Waals surface area contributed by atoms with Crippen molar-refractivity contribution in [3.8, 4) is 0 Å². The predicted octanol–water partition coefficient (Wildman–Crippen LogP) is 3.07. The number of Topliss-reactive ketones (excluding diaryl/α,β-unsaturated/α-hetero) is 3. The topological polar surface area (TPSA) is 165 Å². The van der Waals surface area contributed by atoms with Crippen LogP contribution in [0, 0.1) is 39.4 Å². The molecule has 254 valence electrons. The molecule has 1 unspecified atom stereocenters. The zero-order valence-electron chi connectivity index (χ0n) is 28.2. The highest BCUT2D eigenvalue weighted by molar-refractivity contribution is 6.36. The molecule has 4 atom stereocenters. The van der Waals surface area contributed by atoms with Crippen LogP contribution in [0.3, 0.4) is 0 Å². The first kappa shape index (κ1) is 33.1. The Hall–Kier alpha value is -2.82. The Labute approximate surface area is 271 Å². The first-order valence-corrected chi connectivity index (χ1v) is 17.4. The Bertz CT molecular complexity index is 1330. The van der Waals surface area contributed by atoms with Gasteiger partial charge in [0.1, 0.15) is 11.6 Å². The molecule has 2 spiro atoms. The van der Waals surface area contributed by atoms with Crippen LogP contribution in [0.4, 0.5) is 4.79 Å². The third-order valence-corrected chi connectivity index (χ3v) is 13.2. The normalized spacial score (nSPS) is 29.9. The molecule has 46 heavy (non-hydrogen) atoms. The van der Waals surface area contributed by atoms with E-state index >= 15 is 0 Å². The maximum Gasteiger partial charge on any atom is 0.316 e. The number of likely N-dealkylation sites (tertiary alicyclic amines) is 1. The summed E-state index contributed by atoms with van der Waals surface area (Å²) < 4.78 is 5.33. The number of carbonyl (C=O) groups is 6. The lowest BCUT2D eigenvalue weighted by atomic mass is 9.73. The number of hydrogen-bond donors (Lipinski definition) is 3. The van der Waals surface area contributed by atoms with Gasteiger partial charge in [0, 0.05) is 30.2 Å². The summed E-state index contributed by atoms with van der Waals surface area (Å²) in [6.07, 6.45) is 8.66. The number of hydrogen-bond acceptors (Lipinski definition) is 7. The number of rotatable bonds is 12. The third kappa shape index (κ3) is 5.10. The van der Waals surface area contributed by atoms with Gasteiger partial charge in [-0.25, -0.2) is 4.79 Å². The van der Waals surface area contributed by atoms with Crippen LogP contribution in [-0.4, -0.2) is 77.5 Å². The summed E-state index contributed by atoms with van der Waals surface area (Å²) in [6.45, 7) is 10.7. The molecule has 11 nitrogen and oxygen atoms in total. The first-order valence-electron chi connectivity index (χ1n) is 17.4. The Morgan fingerprint density at radius 3 is 2.04 bits per heavy atom. The molecule has 4 aliphatic carbocycles. The van der Waals surface area contributed by atoms with Crippen molar-refractivity contribution >= 4 is 35.2 Å². The zero-order valence-corrected chi connectivity index (χ0v) is 28.2. The number of nitrogens with zero attached hydrogens (tertiary/aromatic N) is 1. The van der Waals surface area contributed by atoms with Crippen molar-refractivity contribution in [1.82, 2.24) is 15.5 Å². The summed E-state index contributed by atoms with van der Waals surface area (Å²) in [7, 11) is 0. The second-order valence-electron chi connectivity index (χ2n) is 17.1. The molecule has 0 aromatic rings. The highest BCUT2D eigenvalue weighted by Gasteiger charge is 2.85. The molecule has 6 rings (SSSR count). The molecule has 2 saturated heterocycles. The minimum Gasteiger partial charge on any atom is -0.375 e. The summed E-state index contributed by atoms with van der Waals surface area (Å²) in [5, 5.41) is 5.73. The van der Waals surface area contributed by atoms with E-state index in [2.05, 4.69) is 24.5 Å². The second kappa shape index (κ2) is 11.1. The average molecular weight is 641 g/mol. The standard InChI is InChI=1S/C35H52N4O7/c1-31(2,3)26(37-30(45)38-33(18-46-19-33)27(42)21-10-11-21)29(44)39-17-35(32(4,5)34(35)12-7-13-34)16-23(39)24(40)15-22(25(41)28(36)43)14-20-8-6-9-20/h20-23,26H,6-19H2,1-5H3,(H2,36,43)(H2,37,38,45)/t22?,23-,26+,35+/m0/s1. The van der Waals surface area contributed by atoms with Gasteiger partial charge in [-0.3, -0.25) is 24.0 Å². The monoisotopic (exact) mass is 640 g/mol. The number of amides is 4. The van der Waals surface area contributed by atoms with Gasteiger partial charge in [0.15, 0.2) is 11.6 Å². The van der Waals surface area contributed by atoms with Crippen molar-refractivity contribution in [2.24, 2.45) is 45.1 Å². The Kier molecular flexibility index (Phi) is 8.00. The van der Waals surface area contributed by atoms with Gasteiger partial charge < -0.3 is 26.0 Å². The smallest absolute Gasteiger partial charge is 0.316 e. The number of carbonyl (C=O) groups excluding carboxylic acids is 6. The van der Waals surface area contributed by atoms with Crippen LogP contribution in [0.1, 0.15) is 105 Å². The van der Waals surface area contributed by atoms with Gasteiger partial charge in [0.25, 0.3) is 5.91 Å². The molecule has 4 saturated carbocycles. The fraction of sp³-hybridized carbons (Fsp3) is 0.829. The highest BCUT2D eigenvalue weighted by atomic mass is 16.5. The SMILES string of the molecule is CC(C)(C)[C@H](NC(=O)NC1(C(=O)C2CC2)COC1)C(=O)N1C[C@]2(C[C@H]1C(=O)CC(CC1CCC1)C(=O)C(N)=O)C(C)(C)C21CCC1. The molecule has 4 N–H and O–H groups in total. The average Bonchev–Trinajstić information content (AvgIpc) is 3.76. The van der Waals surface area contributed by atoms with Crippen molar-refractivity contribution in [3.63, 3.8) is 0 Å². The first-order chi connectivity index (χ1) is 21.5. The molecular weight excluding hydrogens is 588 g/mol. The number of ether oxygens (including phenoxy) is 1. The minimum absolute atomic E-state index is 0.0246. The summed E-state index contributed by atoms with van der Waals surface area (Å²) in [6, 6.07) is -2.37. The number of nitrogens with two attached hydrogens (primary N) is 1. The van der Waals surface area contributed by atoms with Crippen molar-refractivity contribution in [2.75, 3.05) is 19.8 Å². The van der Waals surface area contributed by atoms with Crippen LogP contribution >= 0.6 is 0 Å². The second-order valence-corrected chi connectivity index (χ2v) is 17.1. The highest BCUT2D eigenvalue weighted by Crippen LogP contribution is 2.88. The number of primary amides is 1. The van der Waals surface area contributed by atoms with E-state index in [0.717, 1.165) is 51.4 Å². The Morgan fingerprint density at radius 2 is 1.61 bits per heavy atom. The zero-order chi connectivity index (χ0) is 33.4. The van der Waals surface area contributed by atoms with Crippen molar-refractivity contribution in [3.05, 3.63) is 0 Å². The van der Waals surface area contributed by atoms with Gasteiger partial charge in [0.2, 0.25) is 11.7 Å². The van der Waals surface area contributed by atoms with Crippen LogP contribution in [0.2, 0.25) is 0 Å². The lowest BCUT2D eigenvalue weighted by Gasteiger charge is -2.42. The molecular formula is C35H52N4O7. The van der Waals surface area contributed by atoms with Crippen molar-refractivity contribution in [2.45, 2.75) is 123 Å². The van der Waals surface area contributed by atoms with Crippen molar-refractivity contribution < 1.29 is 33.5 Å². The number of urea groups is 1. The summed E-state index contributed by atoms with van der Waals surface area (Å²) in [4.78, 5) is 81.9. The van der Waals surface area contributed by atoms with E-state index in [1.54, 1.807) is 4.90 Å². The Balaban J connectivity index is 1.25. The number of nitrogens with one attached hydrogen (secondary N) is 2. The maximum atomic E-state index is 14.6. The lowest BCUT2D eigenvalue weighted by Crippen LogP contribution is -2.70. The maximum absolute atomic E-state index is 14.6. The van der Waals surface area contributed by atoms with E-state index in [1.165, 1.54) is 0 Å². The fourth-order valence-electron chi connectivity index (χ4n) is 9.63. The molecule has 0 bridgehead atoms. The Morgan fingerprint density at radius 1 is 0.957 bits per heavy atom. The molecule has 6 aliphatic rings. The van der Waals surface area contributed by atoms with Crippen molar-refractivity contribution in [1.29, 1.82) is 0 Å². The third-order valence-electron chi connectivity index (χ3n) is 13.2. The van der Waals surface area contributed by atoms with E-state index in [-0.39, 0.29) is 59.3 Å². The van der Waals surface area contributed by atoms with Crippen LogP contribution in [-0.2, 0) is 28.7 Å². The number of fused-ring (bicyclic) bond motifs is 1. The van der Waals surface area contributed by atoms with Gasteiger partial charge in [0.05, 0.1) is 19.3 Å². The fourth-order valence-corrected chi connectivity index (χ4v) is 9.63. The molecule has 0 radical (unpaired) electrons. The molecule has 0 aromatic heterocycles. The summed E-state index contributed by atoms with van der Waals surface area (Å²) in [5.74, 6) is -2.90. The lowest BCUT2D eigenvalue weighted by molar-refractivity contribution is -0.145. The van der Waals surface area contributed by atoms with Crippen LogP contribution < -0.4 is 16.4 Å². The molecule has 4 amide bonds. The molecule has 6 fully saturated rings. The van der Waals surface area contributed by atoms with Crippen LogP contribution in [0.15, 0.2) is 0 Å². The van der Waals surface area contributed by atoms with E-state index in [4.69, 9.17) is 10.5 Å². The molecule has 2 aliphatic heterocycles. The van der Waals surface area contributed by atoms with E-state index in [1.807, 2.05) is 20.8 Å². The van der Waals surface area contributed by atoms with E-state index < -0.39 is 46.7 Å². The molecule has 11 heteroatoms. The van der Waals surface area contributed by atoms with Gasteiger partial charge in [-0.15, -0.1) is 0 Å². The molecule has 0 aromatic carbocycles. The van der Waals surface area contributed by atoms with E-state index in [0.29, 0.717) is 25.3 Å². The van der Waals surface area contributed by atoms with Crippen LogP contribution in [0.5, 0.6) is 0 Å². The molecule has 2 heterocycles. The number of ketones is 3. The summed E-state index contributed by atoms with van der Waals surface area (Å²) >= 11 is 0. The largest absolute Gasteiger partial charge is 0.375 e. The van der Waals surface area contributed by atoms with Gasteiger partial charge in [-0.1, -0.05) is 60.3 Å². The van der Waals surface area contributed by atoms with E-state index in [9.17, 15) is 28.8 Å². The van der Waals surface area contributed by atoms with Gasteiger partial charge in [-0.05, 0) is 60.7 Å². The minimum atomic E-state index is -1.08. The predicted molar refractivity (Wildman–Crippen MR) is 168 cm³/mol. The quantitative estimate of drug-likeness (QED) is 0.276.